The highest BCUT2D eigenvalue weighted by Gasteiger charge is 2.14. The Bertz CT molecular complexity index is 782. The van der Waals surface area contributed by atoms with Crippen molar-refractivity contribution in [2.75, 3.05) is 11.1 Å². The molecule has 0 atom stereocenters. The highest BCUT2D eigenvalue weighted by Crippen LogP contribution is 2.34. The van der Waals surface area contributed by atoms with E-state index in [1.807, 2.05) is 18.2 Å². The number of hydrogen-bond acceptors (Lipinski definition) is 4. The van der Waals surface area contributed by atoms with E-state index >= 15 is 0 Å². The Labute approximate surface area is 146 Å². The smallest absolute Gasteiger partial charge is 0.234 e. The molecule has 2 aromatic carbocycles. The van der Waals surface area contributed by atoms with E-state index in [-0.39, 0.29) is 16.7 Å². The van der Waals surface area contributed by atoms with Crippen molar-refractivity contribution < 1.29 is 9.18 Å². The lowest BCUT2D eigenvalue weighted by molar-refractivity contribution is -0.113. The lowest BCUT2D eigenvalue weighted by Crippen LogP contribution is -2.15. The molecule has 0 saturated carbocycles. The summed E-state index contributed by atoms with van der Waals surface area (Å²) in [6, 6.07) is 11.8. The van der Waals surface area contributed by atoms with Crippen LogP contribution < -0.4 is 5.32 Å². The number of rotatable bonds is 3. The van der Waals surface area contributed by atoms with Gasteiger partial charge in [-0.2, -0.15) is 0 Å². The van der Waals surface area contributed by atoms with Crippen molar-refractivity contribution in [1.82, 2.24) is 0 Å². The van der Waals surface area contributed by atoms with Crippen LogP contribution in [0.3, 0.4) is 0 Å². The average molecular weight is 367 g/mol. The molecule has 1 N–H and O–H groups in total. The van der Waals surface area contributed by atoms with E-state index in [1.165, 1.54) is 35.5 Å². The van der Waals surface area contributed by atoms with Crippen molar-refractivity contribution in [3.8, 4) is 0 Å². The van der Waals surface area contributed by atoms with E-state index < -0.39 is 5.82 Å². The number of para-hydroxylation sites is 1. The molecule has 1 aliphatic heterocycles. The summed E-state index contributed by atoms with van der Waals surface area (Å²) in [6.45, 7) is 0. The van der Waals surface area contributed by atoms with Crippen LogP contribution in [0.4, 0.5) is 15.8 Å². The summed E-state index contributed by atoms with van der Waals surface area (Å²) in [6.07, 6.45) is 0. The zero-order valence-electron chi connectivity index (χ0n) is 11.9. The molecule has 1 heterocycles. The van der Waals surface area contributed by atoms with Crippen molar-refractivity contribution in [2.45, 2.75) is 5.75 Å². The predicted molar refractivity (Wildman–Crippen MR) is 97.3 cm³/mol. The fourth-order valence-electron chi connectivity index (χ4n) is 1.99. The molecule has 118 valence electrons. The lowest BCUT2D eigenvalue weighted by atomic mass is 10.2. The van der Waals surface area contributed by atoms with Gasteiger partial charge in [-0.05, 0) is 29.8 Å². The number of carbonyl (C=O) groups excluding carboxylic acids is 1. The standard InChI is InChI=1S/C16H12ClFN2OS2/c17-12-7-11(18)5-6-14(12)19-15(21)9-23-16-20-13-4-2-1-3-10(13)8-22-16/h1-7H,8-9H2,(H,19,21). The minimum absolute atomic E-state index is 0.182. The molecule has 0 fully saturated rings. The van der Waals surface area contributed by atoms with Gasteiger partial charge in [-0.3, -0.25) is 4.79 Å². The van der Waals surface area contributed by atoms with Crippen molar-refractivity contribution in [3.05, 3.63) is 58.9 Å². The molecule has 0 saturated heterocycles. The Morgan fingerprint density at radius 2 is 2.17 bits per heavy atom. The first-order valence-corrected chi connectivity index (χ1v) is 9.14. The summed E-state index contributed by atoms with van der Waals surface area (Å²) in [4.78, 5) is 16.5. The van der Waals surface area contributed by atoms with Crippen LogP contribution in [-0.4, -0.2) is 16.0 Å². The SMILES string of the molecule is O=C(CSC1=Nc2ccccc2CS1)Nc1ccc(F)cc1Cl. The van der Waals surface area contributed by atoms with Gasteiger partial charge in [-0.1, -0.05) is 53.3 Å². The summed E-state index contributed by atoms with van der Waals surface area (Å²) in [7, 11) is 0. The number of anilines is 1. The molecule has 3 nitrogen and oxygen atoms in total. The zero-order chi connectivity index (χ0) is 16.2. The number of nitrogens with one attached hydrogen (secondary N) is 1. The molecule has 1 amide bonds. The highest BCUT2D eigenvalue weighted by molar-refractivity contribution is 8.38. The average Bonchev–Trinajstić information content (AvgIpc) is 2.55. The molecule has 0 aromatic heterocycles. The number of carbonyl (C=O) groups is 1. The fraction of sp³-hybridized carbons (Fsp3) is 0.125. The van der Waals surface area contributed by atoms with Crippen LogP contribution in [0.15, 0.2) is 47.5 Å². The quantitative estimate of drug-likeness (QED) is 0.823. The van der Waals surface area contributed by atoms with Gasteiger partial charge < -0.3 is 5.32 Å². The molecule has 0 radical (unpaired) electrons. The third-order valence-electron chi connectivity index (χ3n) is 3.09. The first kappa shape index (κ1) is 16.4. The molecule has 0 bridgehead atoms. The third-order valence-corrected chi connectivity index (χ3v) is 5.64. The van der Waals surface area contributed by atoms with E-state index in [9.17, 15) is 9.18 Å². The van der Waals surface area contributed by atoms with E-state index in [2.05, 4.69) is 16.4 Å². The lowest BCUT2D eigenvalue weighted by Gasteiger charge is -2.14. The normalized spacial score (nSPS) is 13.2. The number of hydrogen-bond donors (Lipinski definition) is 1. The summed E-state index contributed by atoms with van der Waals surface area (Å²) in [5.41, 5.74) is 2.56. The van der Waals surface area contributed by atoms with E-state index in [0.717, 1.165) is 15.8 Å². The molecule has 3 rings (SSSR count). The number of nitrogens with zero attached hydrogens (tertiary/aromatic N) is 1. The van der Waals surface area contributed by atoms with Gasteiger partial charge in [0, 0.05) is 5.75 Å². The molecule has 7 heteroatoms. The van der Waals surface area contributed by atoms with E-state index in [4.69, 9.17) is 11.6 Å². The van der Waals surface area contributed by atoms with Crippen LogP contribution in [-0.2, 0) is 10.5 Å². The monoisotopic (exact) mass is 366 g/mol. The fourth-order valence-corrected chi connectivity index (χ4v) is 4.07. The number of fused-ring (bicyclic) bond motifs is 1. The Morgan fingerprint density at radius 3 is 3.00 bits per heavy atom. The minimum Gasteiger partial charge on any atom is -0.324 e. The number of halogens is 2. The van der Waals surface area contributed by atoms with Gasteiger partial charge in [0.15, 0.2) is 0 Å². The molecule has 0 unspecified atom stereocenters. The van der Waals surface area contributed by atoms with Crippen LogP contribution in [0.1, 0.15) is 5.56 Å². The van der Waals surface area contributed by atoms with Crippen molar-refractivity contribution in [3.63, 3.8) is 0 Å². The van der Waals surface area contributed by atoms with E-state index in [1.54, 1.807) is 11.8 Å². The molecule has 0 aliphatic carbocycles. The molecule has 23 heavy (non-hydrogen) atoms. The molecule has 2 aromatic rings. The maximum atomic E-state index is 13.0. The summed E-state index contributed by atoms with van der Waals surface area (Å²) < 4.78 is 13.8. The summed E-state index contributed by atoms with van der Waals surface area (Å²) in [5.74, 6) is 0.439. The maximum Gasteiger partial charge on any atom is 0.234 e. The van der Waals surface area contributed by atoms with Crippen LogP contribution >= 0.6 is 35.1 Å². The summed E-state index contributed by atoms with van der Waals surface area (Å²) in [5, 5.41) is 2.86. The first-order valence-electron chi connectivity index (χ1n) is 6.79. The Balaban J connectivity index is 1.58. The van der Waals surface area contributed by atoms with Gasteiger partial charge in [-0.25, -0.2) is 9.38 Å². The Hall–Kier alpha value is -1.50. The maximum absolute atomic E-state index is 13.0. The van der Waals surface area contributed by atoms with E-state index in [0.29, 0.717) is 5.69 Å². The number of benzene rings is 2. The second-order valence-corrected chi connectivity index (χ2v) is 7.35. The molecule has 0 spiro atoms. The number of thioether (sulfide) groups is 2. The van der Waals surface area contributed by atoms with Gasteiger partial charge in [0.25, 0.3) is 0 Å². The highest BCUT2D eigenvalue weighted by atomic mass is 35.5. The topological polar surface area (TPSA) is 41.5 Å². The second kappa shape index (κ2) is 7.38. The molecule has 1 aliphatic rings. The number of aliphatic imine (C=N–C) groups is 1. The van der Waals surface area contributed by atoms with Gasteiger partial charge in [0.2, 0.25) is 5.91 Å². The van der Waals surface area contributed by atoms with Crippen molar-refractivity contribution in [2.24, 2.45) is 4.99 Å². The largest absolute Gasteiger partial charge is 0.324 e. The zero-order valence-corrected chi connectivity index (χ0v) is 14.3. The van der Waals surface area contributed by atoms with Crippen molar-refractivity contribution in [1.29, 1.82) is 0 Å². The summed E-state index contributed by atoms with van der Waals surface area (Å²) >= 11 is 8.89. The van der Waals surface area contributed by atoms with Gasteiger partial charge in [-0.15, -0.1) is 0 Å². The van der Waals surface area contributed by atoms with Gasteiger partial charge in [0.1, 0.15) is 10.2 Å². The van der Waals surface area contributed by atoms with Gasteiger partial charge >= 0.3 is 0 Å². The van der Waals surface area contributed by atoms with Gasteiger partial charge in [0.05, 0.1) is 22.2 Å². The first-order chi connectivity index (χ1) is 11.1. The van der Waals surface area contributed by atoms with Crippen LogP contribution in [0.2, 0.25) is 5.02 Å². The van der Waals surface area contributed by atoms with Crippen LogP contribution in [0, 0.1) is 5.82 Å². The second-order valence-electron chi connectivity index (χ2n) is 4.76. The molecular weight excluding hydrogens is 355 g/mol. The number of amides is 1. The van der Waals surface area contributed by atoms with Crippen LogP contribution in [0.5, 0.6) is 0 Å². The molecular formula is C16H12ClFN2OS2. The minimum atomic E-state index is -0.436. The van der Waals surface area contributed by atoms with Crippen molar-refractivity contribution >= 4 is 56.8 Å². The predicted octanol–water partition coefficient (Wildman–Crippen LogP) is 5.09. The Kier molecular flexibility index (Phi) is 5.25. The Morgan fingerprint density at radius 1 is 1.35 bits per heavy atom. The third kappa shape index (κ3) is 4.28. The van der Waals surface area contributed by atoms with Crippen LogP contribution in [0.25, 0.3) is 0 Å².